The molecule has 0 spiro atoms. The van der Waals surface area contributed by atoms with E-state index >= 15 is 0 Å². The Morgan fingerprint density at radius 3 is 2.78 bits per heavy atom. The highest BCUT2D eigenvalue weighted by atomic mass is 127. The summed E-state index contributed by atoms with van der Waals surface area (Å²) in [6.07, 6.45) is 12.1. The molecule has 0 saturated carbocycles. The molecule has 2 aliphatic heterocycles. The highest BCUT2D eigenvalue weighted by molar-refractivity contribution is 14.1. The molecule has 6 rings (SSSR count). The van der Waals surface area contributed by atoms with E-state index in [-0.39, 0.29) is 11.2 Å². The largest absolute Gasteiger partial charge is 0.326 e. The maximum Gasteiger partial charge on any atom is 0.222 e. The summed E-state index contributed by atoms with van der Waals surface area (Å²) < 4.78 is 1.06. The summed E-state index contributed by atoms with van der Waals surface area (Å²) in [5.74, 6) is 0.119. The second kappa shape index (κ2) is 9.86. The standard InChI is InChI=1S/C28H27BIN4OS/c30-19-16-23-25(32-18-19)36-24(33-23)21-9-2-3-10-22(21)34-26(35)28-12-6-1-5-11-27(29-28,13-14-28)17-20-8-4-7-15-31-20/h2-4,7-10,15-16,18H,1,5-6,11-14,17H2,(H,34,35). The third-order valence-corrected chi connectivity index (χ3v) is 9.38. The third kappa shape index (κ3) is 4.70. The van der Waals surface area contributed by atoms with Gasteiger partial charge in [-0.1, -0.05) is 67.0 Å². The molecule has 181 valence electrons. The summed E-state index contributed by atoms with van der Waals surface area (Å²) in [7, 11) is 2.43. The Bertz CT molecular complexity index is 1410. The molecule has 2 saturated heterocycles. The van der Waals surface area contributed by atoms with E-state index < -0.39 is 5.31 Å². The molecule has 3 aromatic heterocycles. The van der Waals surface area contributed by atoms with Crippen LogP contribution in [-0.2, 0) is 11.2 Å². The molecule has 8 heteroatoms. The first kappa shape index (κ1) is 24.0. The molecule has 4 aromatic rings. The van der Waals surface area contributed by atoms with Crippen LogP contribution in [0.15, 0.2) is 60.9 Å². The van der Waals surface area contributed by atoms with Crippen LogP contribution in [0.3, 0.4) is 0 Å². The molecule has 2 fully saturated rings. The smallest absolute Gasteiger partial charge is 0.222 e. The predicted octanol–water partition coefficient (Wildman–Crippen LogP) is 7.32. The van der Waals surface area contributed by atoms with Gasteiger partial charge in [0.1, 0.15) is 22.6 Å². The summed E-state index contributed by atoms with van der Waals surface area (Å²) in [5.41, 5.74) is 3.78. The maximum absolute atomic E-state index is 14.0. The number of nitrogens with one attached hydrogen (secondary N) is 1. The minimum Gasteiger partial charge on any atom is -0.326 e. The second-order valence-corrected chi connectivity index (χ2v) is 12.4. The lowest BCUT2D eigenvalue weighted by Crippen LogP contribution is -2.36. The van der Waals surface area contributed by atoms with Gasteiger partial charge in [-0.05, 0) is 72.2 Å². The first-order chi connectivity index (χ1) is 17.5. The van der Waals surface area contributed by atoms with Gasteiger partial charge in [-0.2, -0.15) is 0 Å². The monoisotopic (exact) mass is 605 g/mol. The Kier molecular flexibility index (Phi) is 6.58. The van der Waals surface area contributed by atoms with Crippen LogP contribution < -0.4 is 5.32 Å². The van der Waals surface area contributed by atoms with Gasteiger partial charge in [0.05, 0.1) is 5.69 Å². The van der Waals surface area contributed by atoms with Crippen LogP contribution in [0.4, 0.5) is 5.69 Å². The van der Waals surface area contributed by atoms with E-state index in [0.29, 0.717) is 0 Å². The lowest BCUT2D eigenvalue weighted by molar-refractivity contribution is -0.119. The number of anilines is 1. The number of pyridine rings is 2. The number of carbonyl (C=O) groups is 1. The zero-order valence-corrected chi connectivity index (χ0v) is 23.0. The van der Waals surface area contributed by atoms with Gasteiger partial charge in [0.2, 0.25) is 5.91 Å². The zero-order chi connectivity index (χ0) is 24.6. The van der Waals surface area contributed by atoms with Crippen LogP contribution >= 0.6 is 33.9 Å². The van der Waals surface area contributed by atoms with Gasteiger partial charge < -0.3 is 5.32 Å². The molecule has 36 heavy (non-hydrogen) atoms. The Morgan fingerprint density at radius 1 is 1.03 bits per heavy atom. The number of fused-ring (bicyclic) bond motifs is 3. The van der Waals surface area contributed by atoms with E-state index in [4.69, 9.17) is 4.98 Å². The second-order valence-electron chi connectivity index (χ2n) is 10.2. The van der Waals surface area contributed by atoms with Crippen molar-refractivity contribution in [1.29, 1.82) is 0 Å². The zero-order valence-electron chi connectivity index (χ0n) is 20.0. The van der Waals surface area contributed by atoms with Gasteiger partial charge in [-0.3, -0.25) is 9.78 Å². The van der Waals surface area contributed by atoms with Crippen LogP contribution in [0.5, 0.6) is 0 Å². The number of para-hydroxylation sites is 1. The molecule has 5 heterocycles. The summed E-state index contributed by atoms with van der Waals surface area (Å²) in [6, 6.07) is 16.2. The van der Waals surface area contributed by atoms with E-state index in [0.717, 1.165) is 74.4 Å². The van der Waals surface area contributed by atoms with Gasteiger partial charge in [-0.25, -0.2) is 9.97 Å². The summed E-state index contributed by atoms with van der Waals surface area (Å²) in [4.78, 5) is 28.9. The van der Waals surface area contributed by atoms with E-state index in [1.165, 1.54) is 12.8 Å². The third-order valence-electron chi connectivity index (χ3n) is 7.78. The molecule has 1 aromatic carbocycles. The van der Waals surface area contributed by atoms with Crippen molar-refractivity contribution in [2.45, 2.75) is 62.0 Å². The number of hydrogen-bond donors (Lipinski definition) is 1. The number of hydrogen-bond acceptors (Lipinski definition) is 5. The van der Waals surface area contributed by atoms with E-state index in [2.05, 4.69) is 57.3 Å². The lowest BCUT2D eigenvalue weighted by Gasteiger charge is -2.35. The van der Waals surface area contributed by atoms with Gasteiger partial charge in [-0.15, -0.1) is 0 Å². The van der Waals surface area contributed by atoms with E-state index in [9.17, 15) is 4.79 Å². The molecule has 1 N–H and O–H groups in total. The van der Waals surface area contributed by atoms with Crippen molar-refractivity contribution in [2.24, 2.45) is 0 Å². The molecule has 0 aliphatic carbocycles. The number of thiazole rings is 1. The average molecular weight is 605 g/mol. The number of rotatable bonds is 5. The quantitative estimate of drug-likeness (QED) is 0.191. The summed E-state index contributed by atoms with van der Waals surface area (Å²) in [6.45, 7) is 0. The SMILES string of the molecule is O=C(Nc1ccccc1-c1nc2cc(I)cnc2s1)C12[B]C(Cc3ccccn3)(CCCCC1)CC2. The normalized spacial score (nSPS) is 23.6. The highest BCUT2D eigenvalue weighted by Gasteiger charge is 2.53. The minimum atomic E-state index is -0.437. The van der Waals surface area contributed by atoms with Crippen LogP contribution in [-0.4, -0.2) is 28.1 Å². The van der Waals surface area contributed by atoms with Gasteiger partial charge >= 0.3 is 0 Å². The Morgan fingerprint density at radius 2 is 1.89 bits per heavy atom. The van der Waals surface area contributed by atoms with Gasteiger partial charge in [0.25, 0.3) is 0 Å². The molecule has 2 atom stereocenters. The van der Waals surface area contributed by atoms with Gasteiger partial charge in [0, 0.05) is 32.5 Å². The first-order valence-corrected chi connectivity index (χ1v) is 14.5. The number of aromatic nitrogens is 3. The highest BCUT2D eigenvalue weighted by Crippen LogP contribution is 2.60. The van der Waals surface area contributed by atoms with Crippen molar-refractivity contribution in [2.75, 3.05) is 5.32 Å². The maximum atomic E-state index is 14.0. The minimum absolute atomic E-state index is 0.0431. The molecule has 5 nitrogen and oxygen atoms in total. The topological polar surface area (TPSA) is 67.8 Å². The Labute approximate surface area is 229 Å². The van der Waals surface area contributed by atoms with Crippen molar-refractivity contribution < 1.29 is 4.79 Å². The van der Waals surface area contributed by atoms with E-state index in [1.807, 2.05) is 48.8 Å². The van der Waals surface area contributed by atoms with Crippen LogP contribution in [0.1, 0.15) is 50.6 Å². The molecule has 1 amide bonds. The molecule has 1 radical (unpaired) electrons. The number of nitrogens with zero attached hydrogens (tertiary/aromatic N) is 3. The number of halogens is 1. The van der Waals surface area contributed by atoms with Crippen molar-refractivity contribution in [3.05, 3.63) is 70.2 Å². The Hall–Kier alpha value is -2.33. The number of carbonyl (C=O) groups excluding carboxylic acids is 1. The molecule has 2 unspecified atom stereocenters. The molecule has 2 bridgehead atoms. The van der Waals surface area contributed by atoms with Crippen LogP contribution in [0.2, 0.25) is 10.6 Å². The van der Waals surface area contributed by atoms with E-state index in [1.54, 1.807) is 11.3 Å². The number of benzene rings is 1. The molecular weight excluding hydrogens is 578 g/mol. The average Bonchev–Trinajstić information content (AvgIpc) is 3.47. The van der Waals surface area contributed by atoms with Crippen molar-refractivity contribution in [3.63, 3.8) is 0 Å². The number of amides is 1. The van der Waals surface area contributed by atoms with Crippen molar-refractivity contribution >= 4 is 63.1 Å². The van der Waals surface area contributed by atoms with Crippen molar-refractivity contribution in [3.8, 4) is 10.6 Å². The fraction of sp³-hybridized carbons (Fsp3) is 0.357. The van der Waals surface area contributed by atoms with Crippen molar-refractivity contribution in [1.82, 2.24) is 15.0 Å². The first-order valence-electron chi connectivity index (χ1n) is 12.6. The molecule has 2 aliphatic rings. The summed E-state index contributed by atoms with van der Waals surface area (Å²) >= 11 is 3.82. The summed E-state index contributed by atoms with van der Waals surface area (Å²) in [5, 5.41) is 3.83. The van der Waals surface area contributed by atoms with Gasteiger partial charge in [0.15, 0.2) is 0 Å². The molecular formula is C28H27BIN4OS. The fourth-order valence-electron chi connectivity index (χ4n) is 6.01. The Balaban J connectivity index is 1.28. The van der Waals surface area contributed by atoms with Crippen LogP contribution in [0.25, 0.3) is 20.9 Å². The predicted molar refractivity (Wildman–Crippen MR) is 156 cm³/mol. The fourth-order valence-corrected chi connectivity index (χ4v) is 7.38. The lowest BCUT2D eigenvalue weighted by atomic mass is 9.40. The van der Waals surface area contributed by atoms with Crippen LogP contribution in [0, 0.1) is 3.57 Å².